The summed E-state index contributed by atoms with van der Waals surface area (Å²) in [5.74, 6) is 1.50. The van der Waals surface area contributed by atoms with Gasteiger partial charge in [-0.25, -0.2) is 4.98 Å². The fourth-order valence-electron chi connectivity index (χ4n) is 3.01. The molecule has 0 fully saturated rings. The van der Waals surface area contributed by atoms with Gasteiger partial charge in [-0.2, -0.15) is 0 Å². The number of imidazole rings is 1. The lowest BCUT2D eigenvalue weighted by atomic mass is 10.0. The quantitative estimate of drug-likeness (QED) is 0.545. The minimum absolute atomic E-state index is 0.749. The van der Waals surface area contributed by atoms with Crippen LogP contribution in [0.15, 0.2) is 72.9 Å². The van der Waals surface area contributed by atoms with Gasteiger partial charge in [-0.1, -0.05) is 36.4 Å². The normalized spacial score (nSPS) is 10.8. The Balaban J connectivity index is 2.04. The van der Waals surface area contributed by atoms with E-state index in [1.807, 2.05) is 60.8 Å². The van der Waals surface area contributed by atoms with Crippen molar-refractivity contribution < 1.29 is 9.47 Å². The molecule has 4 rings (SSSR count). The second-order valence-corrected chi connectivity index (χ2v) is 5.71. The van der Waals surface area contributed by atoms with Gasteiger partial charge < -0.3 is 9.47 Å². The van der Waals surface area contributed by atoms with Gasteiger partial charge in [0.05, 0.1) is 25.6 Å². The minimum Gasteiger partial charge on any atom is -0.497 e. The maximum absolute atomic E-state index is 5.44. The van der Waals surface area contributed by atoms with Gasteiger partial charge in [-0.3, -0.25) is 4.40 Å². The SMILES string of the molecule is COc1cc(OC)cc(-c2c(-c3ccccc3)nc3ccccn23)c1. The Morgan fingerprint density at radius 3 is 2.12 bits per heavy atom. The lowest BCUT2D eigenvalue weighted by Crippen LogP contribution is -1.93. The van der Waals surface area contributed by atoms with E-state index in [1.165, 1.54) is 0 Å². The van der Waals surface area contributed by atoms with E-state index in [9.17, 15) is 0 Å². The molecule has 0 atom stereocenters. The van der Waals surface area contributed by atoms with Crippen molar-refractivity contribution in [2.45, 2.75) is 0 Å². The van der Waals surface area contributed by atoms with Crippen LogP contribution in [0.5, 0.6) is 11.5 Å². The van der Waals surface area contributed by atoms with Crippen LogP contribution in [0, 0.1) is 0 Å². The van der Waals surface area contributed by atoms with E-state index >= 15 is 0 Å². The van der Waals surface area contributed by atoms with Gasteiger partial charge in [0.25, 0.3) is 0 Å². The van der Waals surface area contributed by atoms with Crippen molar-refractivity contribution in [3.8, 4) is 34.0 Å². The van der Waals surface area contributed by atoms with Crippen LogP contribution >= 0.6 is 0 Å². The third-order valence-electron chi connectivity index (χ3n) is 4.20. The van der Waals surface area contributed by atoms with E-state index in [2.05, 4.69) is 16.5 Å². The molecule has 0 N–H and O–H groups in total. The minimum atomic E-state index is 0.749. The number of nitrogens with zero attached hydrogens (tertiary/aromatic N) is 2. The monoisotopic (exact) mass is 330 g/mol. The summed E-state index contributed by atoms with van der Waals surface area (Å²) in [7, 11) is 3.32. The summed E-state index contributed by atoms with van der Waals surface area (Å²) in [6.07, 6.45) is 2.02. The molecule has 4 aromatic rings. The lowest BCUT2D eigenvalue weighted by molar-refractivity contribution is 0.394. The van der Waals surface area contributed by atoms with E-state index in [0.717, 1.165) is 39.7 Å². The molecule has 0 amide bonds. The molecule has 4 heteroatoms. The molecule has 0 unspecified atom stereocenters. The van der Waals surface area contributed by atoms with Crippen LogP contribution in [0.2, 0.25) is 0 Å². The van der Waals surface area contributed by atoms with Crippen LogP contribution in [0.4, 0.5) is 0 Å². The first-order valence-electron chi connectivity index (χ1n) is 8.06. The number of ether oxygens (including phenoxy) is 2. The summed E-state index contributed by atoms with van der Waals surface area (Å²) in [6, 6.07) is 22.1. The third-order valence-corrected chi connectivity index (χ3v) is 4.20. The van der Waals surface area contributed by atoms with E-state index in [0.29, 0.717) is 0 Å². The highest BCUT2D eigenvalue weighted by atomic mass is 16.5. The Morgan fingerprint density at radius 2 is 1.44 bits per heavy atom. The highest BCUT2D eigenvalue weighted by Gasteiger charge is 2.17. The van der Waals surface area contributed by atoms with Crippen molar-refractivity contribution in [3.63, 3.8) is 0 Å². The van der Waals surface area contributed by atoms with E-state index in [-0.39, 0.29) is 0 Å². The van der Waals surface area contributed by atoms with Crippen molar-refractivity contribution in [2.75, 3.05) is 14.2 Å². The van der Waals surface area contributed by atoms with Crippen LogP contribution in [0.3, 0.4) is 0 Å². The van der Waals surface area contributed by atoms with Gasteiger partial charge in [0.1, 0.15) is 17.1 Å². The zero-order valence-electron chi connectivity index (χ0n) is 14.1. The molecule has 124 valence electrons. The standard InChI is InChI=1S/C21H18N2O2/c1-24-17-12-16(13-18(14-17)25-2)21-20(15-8-4-3-5-9-15)22-19-10-6-7-11-23(19)21/h3-14H,1-2H3. The van der Waals surface area contributed by atoms with Crippen molar-refractivity contribution in [2.24, 2.45) is 0 Å². The van der Waals surface area contributed by atoms with E-state index < -0.39 is 0 Å². The molecule has 0 saturated carbocycles. The highest BCUT2D eigenvalue weighted by molar-refractivity contribution is 5.83. The second-order valence-electron chi connectivity index (χ2n) is 5.71. The molecule has 0 aliphatic heterocycles. The molecule has 2 aromatic carbocycles. The van der Waals surface area contributed by atoms with Crippen LogP contribution in [0.25, 0.3) is 28.2 Å². The smallest absolute Gasteiger partial charge is 0.137 e. The molecular formula is C21H18N2O2. The zero-order valence-corrected chi connectivity index (χ0v) is 14.1. The first-order chi connectivity index (χ1) is 12.3. The fraction of sp³-hybridized carbons (Fsp3) is 0.0952. The van der Waals surface area contributed by atoms with Gasteiger partial charge in [0.15, 0.2) is 0 Å². The molecule has 0 aliphatic rings. The Hall–Kier alpha value is -3.27. The van der Waals surface area contributed by atoms with Crippen molar-refractivity contribution in [3.05, 3.63) is 72.9 Å². The number of hydrogen-bond acceptors (Lipinski definition) is 3. The summed E-state index contributed by atoms with van der Waals surface area (Å²) >= 11 is 0. The third kappa shape index (κ3) is 2.72. The predicted molar refractivity (Wildman–Crippen MR) is 99.2 cm³/mol. The molecule has 0 radical (unpaired) electrons. The van der Waals surface area contributed by atoms with Gasteiger partial charge in [0, 0.05) is 23.4 Å². The van der Waals surface area contributed by atoms with E-state index in [4.69, 9.17) is 14.5 Å². The lowest BCUT2D eigenvalue weighted by Gasteiger charge is -2.10. The fourth-order valence-corrected chi connectivity index (χ4v) is 3.01. The summed E-state index contributed by atoms with van der Waals surface area (Å²) in [6.45, 7) is 0. The summed E-state index contributed by atoms with van der Waals surface area (Å²) in [5, 5.41) is 0. The number of aromatic nitrogens is 2. The topological polar surface area (TPSA) is 35.8 Å². The van der Waals surface area contributed by atoms with E-state index in [1.54, 1.807) is 14.2 Å². The summed E-state index contributed by atoms with van der Waals surface area (Å²) in [4.78, 5) is 4.85. The first-order valence-corrected chi connectivity index (χ1v) is 8.06. The first kappa shape index (κ1) is 15.3. The molecule has 25 heavy (non-hydrogen) atoms. The number of fused-ring (bicyclic) bond motifs is 1. The Kier molecular flexibility index (Phi) is 3.86. The molecule has 2 heterocycles. The zero-order chi connectivity index (χ0) is 17.2. The predicted octanol–water partition coefficient (Wildman–Crippen LogP) is 4.69. The Morgan fingerprint density at radius 1 is 0.760 bits per heavy atom. The maximum atomic E-state index is 5.44. The summed E-state index contributed by atoms with van der Waals surface area (Å²) in [5.41, 5.74) is 4.91. The number of rotatable bonds is 4. The summed E-state index contributed by atoms with van der Waals surface area (Å²) < 4.78 is 13.0. The second kappa shape index (κ2) is 6.32. The van der Waals surface area contributed by atoms with Crippen LogP contribution in [0.1, 0.15) is 0 Å². The highest BCUT2D eigenvalue weighted by Crippen LogP contribution is 2.36. The van der Waals surface area contributed by atoms with Crippen molar-refractivity contribution >= 4 is 5.65 Å². The van der Waals surface area contributed by atoms with Gasteiger partial charge in [-0.05, 0) is 24.3 Å². The molecule has 0 saturated heterocycles. The molecule has 2 aromatic heterocycles. The van der Waals surface area contributed by atoms with Crippen LogP contribution in [-0.4, -0.2) is 23.6 Å². The Bertz CT molecular complexity index is 1000. The van der Waals surface area contributed by atoms with Gasteiger partial charge >= 0.3 is 0 Å². The molecule has 0 spiro atoms. The maximum Gasteiger partial charge on any atom is 0.137 e. The average Bonchev–Trinajstić information content (AvgIpc) is 3.07. The molecule has 0 aliphatic carbocycles. The molecule has 4 nitrogen and oxygen atoms in total. The van der Waals surface area contributed by atoms with Crippen molar-refractivity contribution in [1.29, 1.82) is 0 Å². The van der Waals surface area contributed by atoms with Gasteiger partial charge in [-0.15, -0.1) is 0 Å². The Labute approximate surface area is 146 Å². The molecule has 0 bridgehead atoms. The van der Waals surface area contributed by atoms with Gasteiger partial charge in [0.2, 0.25) is 0 Å². The number of hydrogen-bond donors (Lipinski definition) is 0. The van der Waals surface area contributed by atoms with Crippen molar-refractivity contribution in [1.82, 2.24) is 9.38 Å². The number of benzene rings is 2. The average molecular weight is 330 g/mol. The largest absolute Gasteiger partial charge is 0.497 e. The number of methoxy groups -OCH3 is 2. The van der Waals surface area contributed by atoms with Crippen LogP contribution in [-0.2, 0) is 0 Å². The molecular weight excluding hydrogens is 312 g/mol. The number of pyridine rings is 1. The van der Waals surface area contributed by atoms with Crippen LogP contribution < -0.4 is 9.47 Å².